The van der Waals surface area contributed by atoms with E-state index >= 15 is 0 Å². The summed E-state index contributed by atoms with van der Waals surface area (Å²) in [5.41, 5.74) is 14.8. The zero-order valence-electron chi connectivity index (χ0n) is 28.8. The van der Waals surface area contributed by atoms with Crippen molar-refractivity contribution in [3.8, 4) is 0 Å². The van der Waals surface area contributed by atoms with E-state index < -0.39 is 23.9 Å². The van der Waals surface area contributed by atoms with E-state index in [4.69, 9.17) is 0 Å². The van der Waals surface area contributed by atoms with Gasteiger partial charge in [-0.05, 0) is 97.4 Å². The summed E-state index contributed by atoms with van der Waals surface area (Å²) >= 11 is 0. The summed E-state index contributed by atoms with van der Waals surface area (Å²) in [6.07, 6.45) is 2.65. The van der Waals surface area contributed by atoms with Crippen LogP contribution in [0, 0.1) is 27.7 Å². The second-order valence-electron chi connectivity index (χ2n) is 13.6. The van der Waals surface area contributed by atoms with Crippen LogP contribution in [0.25, 0.3) is 0 Å². The average molecular weight is 675 g/mol. The third-order valence-corrected chi connectivity index (χ3v) is 10.4. The molecule has 5 rings (SSSR count). The van der Waals surface area contributed by atoms with Crippen molar-refractivity contribution < 1.29 is 39.6 Å². The lowest BCUT2D eigenvalue weighted by molar-refractivity contribution is -0.138. The van der Waals surface area contributed by atoms with Gasteiger partial charge >= 0.3 is 23.9 Å². The molecule has 0 spiro atoms. The Morgan fingerprint density at radius 3 is 1.16 bits per heavy atom. The molecule has 1 unspecified atom stereocenters. The Hall–Kier alpha value is -5.00. The van der Waals surface area contributed by atoms with Crippen molar-refractivity contribution >= 4 is 23.9 Å². The molecule has 4 aromatic heterocycles. The van der Waals surface area contributed by atoms with Gasteiger partial charge in [0.25, 0.3) is 0 Å². The molecular weight excluding hydrogens is 628 g/mol. The fraction of sp³-hybridized carbons (Fsp3) is 0.459. The number of aromatic amines is 4. The largest absolute Gasteiger partial charge is 0.481 e. The number of H-pyrrole nitrogens is 4. The lowest BCUT2D eigenvalue weighted by atomic mass is 9.91. The summed E-state index contributed by atoms with van der Waals surface area (Å²) < 4.78 is 0. The van der Waals surface area contributed by atoms with Gasteiger partial charge in [-0.25, -0.2) is 0 Å². The van der Waals surface area contributed by atoms with Gasteiger partial charge in [0.15, 0.2) is 0 Å². The van der Waals surface area contributed by atoms with Crippen LogP contribution in [0.5, 0.6) is 0 Å². The first-order valence-electron chi connectivity index (χ1n) is 16.8. The van der Waals surface area contributed by atoms with Crippen molar-refractivity contribution in [1.29, 1.82) is 0 Å². The summed E-state index contributed by atoms with van der Waals surface area (Å²) in [4.78, 5) is 61.3. The molecule has 1 atom stereocenters. The number of carboxylic acid groups (broad SMARTS) is 4. The van der Waals surface area contributed by atoms with E-state index in [1.165, 1.54) is 0 Å². The monoisotopic (exact) mass is 674 g/mol. The zero-order valence-corrected chi connectivity index (χ0v) is 28.8. The first kappa shape index (κ1) is 35.3. The van der Waals surface area contributed by atoms with Gasteiger partial charge in [-0.3, -0.25) is 19.2 Å². The molecule has 0 radical (unpaired) electrons. The molecule has 12 nitrogen and oxygen atoms in total. The molecule has 1 aliphatic heterocycles. The Bertz CT molecular complexity index is 1930. The minimum absolute atomic E-state index is 0.0343. The second kappa shape index (κ2) is 14.2. The van der Waals surface area contributed by atoms with Crippen LogP contribution in [-0.2, 0) is 64.1 Å². The zero-order chi connectivity index (χ0) is 35.7. The number of hydrogen-bond acceptors (Lipinski definition) is 4. The minimum Gasteiger partial charge on any atom is -0.481 e. The number of fused-ring (bicyclic) bond motifs is 8. The fourth-order valence-electron chi connectivity index (χ4n) is 7.76. The molecular formula is C37H46N4O8. The summed E-state index contributed by atoms with van der Waals surface area (Å²) in [5.74, 6) is -3.84. The smallest absolute Gasteiger partial charge is 0.303 e. The van der Waals surface area contributed by atoms with E-state index in [2.05, 4.69) is 19.9 Å². The number of carboxylic acids is 4. The minimum atomic E-state index is -0.898. The Kier molecular flexibility index (Phi) is 10.3. The van der Waals surface area contributed by atoms with Crippen LogP contribution < -0.4 is 0 Å². The van der Waals surface area contributed by atoms with E-state index in [-0.39, 0.29) is 31.6 Å². The molecule has 0 saturated heterocycles. The van der Waals surface area contributed by atoms with Gasteiger partial charge in [-0.1, -0.05) is 6.92 Å². The maximum Gasteiger partial charge on any atom is 0.303 e. The van der Waals surface area contributed by atoms with E-state index in [1.807, 2.05) is 34.6 Å². The molecule has 4 aromatic rings. The molecule has 0 fully saturated rings. The SMILES string of the molecule is Cc1c2[nH]c(c1CCC(=O)O)Cc1[nH]c(c(CCC(=O)O)c1C)Cc1[nH]c(c(C)c1CCC(=O)O)Cc1[nH]c(c(C(C)CC(=O)O)c1C)C2. The molecule has 5 heterocycles. The van der Waals surface area contributed by atoms with E-state index in [9.17, 15) is 39.6 Å². The molecule has 0 amide bonds. The Morgan fingerprint density at radius 2 is 0.796 bits per heavy atom. The van der Waals surface area contributed by atoms with Crippen LogP contribution in [0.4, 0.5) is 0 Å². The molecule has 8 N–H and O–H groups in total. The van der Waals surface area contributed by atoms with Crippen molar-refractivity contribution in [3.63, 3.8) is 0 Å². The van der Waals surface area contributed by atoms with E-state index in [0.717, 1.165) is 90.1 Å². The highest BCUT2D eigenvalue weighted by atomic mass is 16.4. The third kappa shape index (κ3) is 7.53. The summed E-state index contributed by atoms with van der Waals surface area (Å²) in [6, 6.07) is 0. The first-order chi connectivity index (χ1) is 23.1. The fourth-order valence-corrected chi connectivity index (χ4v) is 7.76. The molecule has 0 aromatic carbocycles. The predicted molar refractivity (Wildman–Crippen MR) is 182 cm³/mol. The maximum atomic E-state index is 11.8. The molecule has 12 heteroatoms. The topological polar surface area (TPSA) is 212 Å². The number of nitrogens with one attached hydrogen (secondary N) is 4. The van der Waals surface area contributed by atoms with Gasteiger partial charge in [-0.2, -0.15) is 0 Å². The van der Waals surface area contributed by atoms with Crippen LogP contribution in [0.2, 0.25) is 0 Å². The predicted octanol–water partition coefficient (Wildman–Crippen LogP) is 5.54. The number of rotatable bonds is 12. The maximum absolute atomic E-state index is 11.8. The Morgan fingerprint density at radius 1 is 0.490 bits per heavy atom. The van der Waals surface area contributed by atoms with Crippen molar-refractivity contribution in [2.24, 2.45) is 0 Å². The normalized spacial score (nSPS) is 13.4. The van der Waals surface area contributed by atoms with Gasteiger partial charge in [0.2, 0.25) is 0 Å². The van der Waals surface area contributed by atoms with E-state index in [1.54, 1.807) is 0 Å². The lowest BCUT2D eigenvalue weighted by Gasteiger charge is -2.13. The molecule has 8 bridgehead atoms. The average Bonchev–Trinajstić information content (AvgIpc) is 3.67. The molecule has 0 saturated carbocycles. The van der Waals surface area contributed by atoms with Crippen LogP contribution in [-0.4, -0.2) is 64.2 Å². The van der Waals surface area contributed by atoms with E-state index in [0.29, 0.717) is 44.9 Å². The van der Waals surface area contributed by atoms with Crippen molar-refractivity contribution in [2.45, 2.75) is 111 Å². The first-order valence-corrected chi connectivity index (χ1v) is 16.8. The second-order valence-corrected chi connectivity index (χ2v) is 13.6. The highest BCUT2D eigenvalue weighted by Crippen LogP contribution is 2.35. The quantitative estimate of drug-likeness (QED) is 0.0840. The summed E-state index contributed by atoms with van der Waals surface area (Å²) in [5, 5.41) is 38.4. The van der Waals surface area contributed by atoms with Crippen LogP contribution in [0.15, 0.2) is 0 Å². The molecule has 0 aliphatic carbocycles. The molecule has 49 heavy (non-hydrogen) atoms. The number of hydrogen-bond donors (Lipinski definition) is 8. The molecule has 1 aliphatic rings. The van der Waals surface area contributed by atoms with Crippen LogP contribution >= 0.6 is 0 Å². The highest BCUT2D eigenvalue weighted by Gasteiger charge is 2.27. The van der Waals surface area contributed by atoms with Gasteiger partial charge < -0.3 is 40.4 Å². The van der Waals surface area contributed by atoms with Crippen molar-refractivity contribution in [1.82, 2.24) is 19.9 Å². The Balaban J connectivity index is 1.74. The number of aromatic nitrogens is 4. The van der Waals surface area contributed by atoms with Gasteiger partial charge in [0.1, 0.15) is 0 Å². The van der Waals surface area contributed by atoms with Crippen molar-refractivity contribution in [2.75, 3.05) is 0 Å². The van der Waals surface area contributed by atoms with Gasteiger partial charge in [0.05, 0.1) is 6.42 Å². The van der Waals surface area contributed by atoms with Crippen molar-refractivity contribution in [3.05, 3.63) is 90.1 Å². The van der Waals surface area contributed by atoms with Crippen LogP contribution in [0.3, 0.4) is 0 Å². The molecule has 262 valence electrons. The highest BCUT2D eigenvalue weighted by molar-refractivity contribution is 5.69. The van der Waals surface area contributed by atoms with Gasteiger partial charge in [-0.15, -0.1) is 0 Å². The third-order valence-electron chi connectivity index (χ3n) is 10.4. The Labute approximate surface area is 284 Å². The standard InChI is InChI=1S/C37H46N4O8/c1-17(12-36(48)49)37-21(5)28-13-25-18(2)23(7-10-34(44)45)30(38-25)16-31-24(8-11-35(46)47)19(3)26(39-31)14-29-22(6-9-33(42)43)20(4)27(40-29)15-32(37)41-28/h17,38-41H,6-16H2,1-5H3,(H,42,43)(H,44,45)(H,46,47)(H,48,49). The summed E-state index contributed by atoms with van der Waals surface area (Å²) in [7, 11) is 0. The number of aliphatic carboxylic acids is 4. The lowest BCUT2D eigenvalue weighted by Crippen LogP contribution is -2.06. The summed E-state index contributed by atoms with van der Waals surface area (Å²) in [6.45, 7) is 9.88. The number of carbonyl (C=O) groups is 4. The van der Waals surface area contributed by atoms with Crippen LogP contribution in [0.1, 0.15) is 129 Å². The van der Waals surface area contributed by atoms with Gasteiger partial charge in [0, 0.05) is 90.5 Å².